The normalized spacial score (nSPS) is 25.6. The predicted molar refractivity (Wildman–Crippen MR) is 134 cm³/mol. The maximum atomic E-state index is 14.6. The second-order valence-electron chi connectivity index (χ2n) is 10.0. The lowest BCUT2D eigenvalue weighted by Gasteiger charge is -2.53. The van der Waals surface area contributed by atoms with Crippen LogP contribution in [0.2, 0.25) is 0 Å². The van der Waals surface area contributed by atoms with E-state index in [9.17, 15) is 9.90 Å². The van der Waals surface area contributed by atoms with Gasteiger partial charge in [-0.2, -0.15) is 0 Å². The van der Waals surface area contributed by atoms with Gasteiger partial charge in [0.2, 0.25) is 5.91 Å². The minimum atomic E-state index is -0.758. The summed E-state index contributed by atoms with van der Waals surface area (Å²) in [7, 11) is 1.67. The van der Waals surface area contributed by atoms with Crippen molar-refractivity contribution in [2.75, 3.05) is 13.7 Å². The number of nitrogens with zero attached hydrogens (tertiary/aromatic N) is 1. The van der Waals surface area contributed by atoms with Crippen molar-refractivity contribution in [2.24, 2.45) is 5.92 Å². The summed E-state index contributed by atoms with van der Waals surface area (Å²) in [6.45, 7) is 0.510. The zero-order valence-electron chi connectivity index (χ0n) is 20.0. The number of ether oxygens (including phenoxy) is 2. The summed E-state index contributed by atoms with van der Waals surface area (Å²) in [4.78, 5) is 16.6. The highest BCUT2D eigenvalue weighted by Gasteiger charge is 2.52. The minimum Gasteiger partial charge on any atom is -0.496 e. The molecule has 1 saturated carbocycles. The van der Waals surface area contributed by atoms with Crippen LogP contribution in [0.15, 0.2) is 72.8 Å². The van der Waals surface area contributed by atoms with Gasteiger partial charge < -0.3 is 19.5 Å². The fourth-order valence-corrected chi connectivity index (χ4v) is 6.57. The number of likely N-dealkylation sites (tertiary alicyclic amines) is 1. The van der Waals surface area contributed by atoms with Crippen molar-refractivity contribution in [1.82, 2.24) is 4.90 Å². The molecule has 5 heteroatoms. The lowest BCUT2D eigenvalue weighted by molar-refractivity contribution is -0.156. The maximum absolute atomic E-state index is 14.6. The van der Waals surface area contributed by atoms with Crippen molar-refractivity contribution in [3.63, 3.8) is 0 Å². The van der Waals surface area contributed by atoms with Crippen molar-refractivity contribution in [3.8, 4) is 17.2 Å². The molecule has 1 aliphatic carbocycles. The molecule has 2 aliphatic heterocycles. The molecular weight excluding hydrogens is 438 g/mol. The molecule has 35 heavy (non-hydrogen) atoms. The molecule has 3 aromatic carbocycles. The molecule has 2 heterocycles. The standard InChI is InChI=1S/C30H31NO4/c1-34-24-14-5-4-12-22(24)28-23-13-8-9-17-30(23,33)18-19-31(28)29(32)27-20-10-2-6-15-25(20)35-26-16-7-3-11-21(26)27/h2-7,10-12,14-16,23,27-28,33H,8-9,13,17-19H2,1H3/t23-,28-,30+/m1/s1. The average molecular weight is 470 g/mol. The van der Waals surface area contributed by atoms with Gasteiger partial charge >= 0.3 is 0 Å². The summed E-state index contributed by atoms with van der Waals surface area (Å²) in [5.41, 5.74) is 1.99. The summed E-state index contributed by atoms with van der Waals surface area (Å²) in [6, 6.07) is 23.4. The molecule has 2 fully saturated rings. The molecule has 0 spiro atoms. The van der Waals surface area contributed by atoms with Crippen LogP contribution in [-0.2, 0) is 4.79 Å². The van der Waals surface area contributed by atoms with E-state index in [0.29, 0.717) is 13.0 Å². The van der Waals surface area contributed by atoms with Crippen LogP contribution in [0.1, 0.15) is 60.8 Å². The SMILES string of the molecule is COc1ccccc1[C@@H]1[C@H]2CCCC[C@]2(O)CCN1C(=O)C1c2ccccc2Oc2ccccc21. The highest BCUT2D eigenvalue weighted by Crippen LogP contribution is 2.53. The third-order valence-corrected chi connectivity index (χ3v) is 8.24. The zero-order valence-corrected chi connectivity index (χ0v) is 20.0. The van der Waals surface area contributed by atoms with Crippen molar-refractivity contribution in [1.29, 1.82) is 0 Å². The minimum absolute atomic E-state index is 0.0319. The Morgan fingerprint density at radius 1 is 0.914 bits per heavy atom. The Morgan fingerprint density at radius 2 is 1.54 bits per heavy atom. The number of carbonyl (C=O) groups excluding carboxylic acids is 1. The van der Waals surface area contributed by atoms with E-state index in [1.165, 1.54) is 0 Å². The van der Waals surface area contributed by atoms with Crippen LogP contribution in [0.25, 0.3) is 0 Å². The Kier molecular flexibility index (Phi) is 5.53. The van der Waals surface area contributed by atoms with Crippen molar-refractivity contribution >= 4 is 5.91 Å². The van der Waals surface area contributed by atoms with Gasteiger partial charge in [0.05, 0.1) is 24.7 Å². The summed E-state index contributed by atoms with van der Waals surface area (Å²) in [5, 5.41) is 11.7. The Bertz CT molecular complexity index is 1210. The van der Waals surface area contributed by atoms with Gasteiger partial charge in [0.15, 0.2) is 0 Å². The van der Waals surface area contributed by atoms with Crippen LogP contribution in [-0.4, -0.2) is 35.2 Å². The van der Waals surface area contributed by atoms with Gasteiger partial charge in [-0.05, 0) is 37.5 Å². The third-order valence-electron chi connectivity index (χ3n) is 8.24. The molecule has 3 aliphatic rings. The second kappa shape index (κ2) is 8.72. The quantitative estimate of drug-likeness (QED) is 0.525. The van der Waals surface area contributed by atoms with Crippen molar-refractivity contribution in [2.45, 2.75) is 49.7 Å². The Labute approximate surface area is 206 Å². The number of para-hydroxylation sites is 3. The second-order valence-corrected chi connectivity index (χ2v) is 10.0. The number of hydrogen-bond acceptors (Lipinski definition) is 4. The topological polar surface area (TPSA) is 59.0 Å². The number of hydrogen-bond donors (Lipinski definition) is 1. The van der Waals surface area contributed by atoms with Gasteiger partial charge in [-0.15, -0.1) is 0 Å². The highest BCUT2D eigenvalue weighted by atomic mass is 16.5. The van der Waals surface area contributed by atoms with Gasteiger partial charge in [-0.1, -0.05) is 67.4 Å². The van der Waals surface area contributed by atoms with E-state index < -0.39 is 11.5 Å². The number of rotatable bonds is 3. The third kappa shape index (κ3) is 3.61. The average Bonchev–Trinajstić information content (AvgIpc) is 2.90. The van der Waals surface area contributed by atoms with Crippen LogP contribution in [0.5, 0.6) is 17.2 Å². The van der Waals surface area contributed by atoms with E-state index in [2.05, 4.69) is 6.07 Å². The molecule has 180 valence electrons. The molecule has 6 rings (SSSR count). The zero-order chi connectivity index (χ0) is 24.0. The van der Waals surface area contributed by atoms with Crippen LogP contribution in [0.3, 0.4) is 0 Å². The van der Waals surface area contributed by atoms with E-state index >= 15 is 0 Å². The van der Waals surface area contributed by atoms with Crippen molar-refractivity contribution in [3.05, 3.63) is 89.5 Å². The maximum Gasteiger partial charge on any atom is 0.235 e. The molecule has 1 saturated heterocycles. The number of methoxy groups -OCH3 is 1. The van der Waals surface area contributed by atoms with E-state index in [0.717, 1.165) is 59.6 Å². The van der Waals surface area contributed by atoms with Gasteiger partial charge in [-0.3, -0.25) is 4.79 Å². The number of amides is 1. The summed E-state index contributed by atoms with van der Waals surface area (Å²) >= 11 is 0. The summed E-state index contributed by atoms with van der Waals surface area (Å²) < 4.78 is 11.9. The number of fused-ring (bicyclic) bond motifs is 3. The lowest BCUT2D eigenvalue weighted by Crippen LogP contribution is -2.57. The van der Waals surface area contributed by atoms with E-state index in [1.54, 1.807) is 7.11 Å². The van der Waals surface area contributed by atoms with E-state index in [1.807, 2.05) is 71.6 Å². The van der Waals surface area contributed by atoms with E-state index in [-0.39, 0.29) is 17.9 Å². The molecule has 0 aromatic heterocycles. The van der Waals surface area contributed by atoms with Crippen LogP contribution in [0, 0.1) is 5.92 Å². The Hall–Kier alpha value is -3.31. The molecule has 1 amide bonds. The van der Waals surface area contributed by atoms with Gasteiger partial charge in [0.1, 0.15) is 17.2 Å². The highest BCUT2D eigenvalue weighted by molar-refractivity contribution is 5.90. The fraction of sp³-hybridized carbons (Fsp3) is 0.367. The molecule has 5 nitrogen and oxygen atoms in total. The molecule has 1 N–H and O–H groups in total. The molecule has 0 radical (unpaired) electrons. The molecule has 0 unspecified atom stereocenters. The van der Waals surface area contributed by atoms with Gasteiger partial charge in [0.25, 0.3) is 0 Å². The Balaban J connectivity index is 1.48. The summed E-state index contributed by atoms with van der Waals surface area (Å²) in [6.07, 6.45) is 4.36. The molecule has 3 aromatic rings. The van der Waals surface area contributed by atoms with E-state index in [4.69, 9.17) is 9.47 Å². The van der Waals surface area contributed by atoms with Crippen LogP contribution >= 0.6 is 0 Å². The largest absolute Gasteiger partial charge is 0.496 e. The van der Waals surface area contributed by atoms with Crippen molar-refractivity contribution < 1.29 is 19.4 Å². The molecule has 0 bridgehead atoms. The Morgan fingerprint density at radius 3 is 2.23 bits per heavy atom. The first kappa shape index (κ1) is 22.2. The number of piperidine rings is 1. The number of aliphatic hydroxyl groups is 1. The first-order chi connectivity index (χ1) is 17.1. The first-order valence-electron chi connectivity index (χ1n) is 12.6. The number of benzene rings is 3. The number of carbonyl (C=O) groups is 1. The summed E-state index contributed by atoms with van der Waals surface area (Å²) in [5.74, 6) is 1.78. The smallest absolute Gasteiger partial charge is 0.235 e. The monoisotopic (exact) mass is 469 g/mol. The predicted octanol–water partition coefficient (Wildman–Crippen LogP) is 5.83. The van der Waals surface area contributed by atoms with Gasteiger partial charge in [-0.25, -0.2) is 0 Å². The fourth-order valence-electron chi connectivity index (χ4n) is 6.57. The first-order valence-corrected chi connectivity index (χ1v) is 12.6. The van der Waals surface area contributed by atoms with Crippen LogP contribution < -0.4 is 9.47 Å². The lowest BCUT2D eigenvalue weighted by atomic mass is 9.65. The van der Waals surface area contributed by atoms with Gasteiger partial charge in [0, 0.05) is 29.2 Å². The molecular formula is C30H31NO4. The van der Waals surface area contributed by atoms with Crippen LogP contribution in [0.4, 0.5) is 0 Å². The molecule has 3 atom stereocenters.